The van der Waals surface area contributed by atoms with Crippen LogP contribution in [0.3, 0.4) is 0 Å². The van der Waals surface area contributed by atoms with Crippen molar-refractivity contribution in [1.82, 2.24) is 5.32 Å². The lowest BCUT2D eigenvalue weighted by Gasteiger charge is -2.11. The van der Waals surface area contributed by atoms with E-state index in [0.29, 0.717) is 25.1 Å². The highest BCUT2D eigenvalue weighted by Crippen LogP contribution is 2.17. The van der Waals surface area contributed by atoms with Gasteiger partial charge in [0.1, 0.15) is 12.0 Å². The Balaban J connectivity index is 2.82. The van der Waals surface area contributed by atoms with Gasteiger partial charge in [-0.1, -0.05) is 0 Å². The van der Waals surface area contributed by atoms with Gasteiger partial charge in [-0.05, 0) is 36.2 Å². The fourth-order valence-electron chi connectivity index (χ4n) is 1.59. The van der Waals surface area contributed by atoms with Crippen LogP contribution >= 0.6 is 0 Å². The molecule has 0 radical (unpaired) electrons. The zero-order valence-electron chi connectivity index (χ0n) is 11.7. The number of carbonyl (C=O) groups is 2. The summed E-state index contributed by atoms with van der Waals surface area (Å²) in [4.78, 5) is 21.7. The van der Waals surface area contributed by atoms with Crippen LogP contribution in [0.4, 0.5) is 0 Å². The van der Waals surface area contributed by atoms with Gasteiger partial charge >= 0.3 is 5.97 Å². The predicted molar refractivity (Wildman–Crippen MR) is 76.3 cm³/mol. The number of carbonyl (C=O) groups excluding carboxylic acids is 2. The molecule has 0 aromatic heterocycles. The smallest absolute Gasteiger partial charge is 0.332 e. The summed E-state index contributed by atoms with van der Waals surface area (Å²) in [6, 6.07) is 7.32. The van der Waals surface area contributed by atoms with Crippen molar-refractivity contribution in [3.8, 4) is 5.75 Å². The third-order valence-electron chi connectivity index (χ3n) is 2.68. The molecule has 20 heavy (non-hydrogen) atoms. The normalized spacial score (nSPS) is 10.8. The summed E-state index contributed by atoms with van der Waals surface area (Å²) < 4.78 is 9.73. The Morgan fingerprint density at radius 3 is 2.50 bits per heavy atom. The molecular weight excluding hydrogens is 258 g/mol. The molecule has 0 aliphatic rings. The van der Waals surface area contributed by atoms with E-state index in [1.165, 1.54) is 13.2 Å². The maximum atomic E-state index is 11.4. The predicted octanol–water partition coefficient (Wildman–Crippen LogP) is 1.78. The fourth-order valence-corrected chi connectivity index (χ4v) is 1.59. The maximum Gasteiger partial charge on any atom is 0.332 e. The van der Waals surface area contributed by atoms with E-state index in [1.54, 1.807) is 7.11 Å². The molecule has 5 nitrogen and oxygen atoms in total. The van der Waals surface area contributed by atoms with Gasteiger partial charge in [0.05, 0.1) is 14.2 Å². The summed E-state index contributed by atoms with van der Waals surface area (Å²) in [6.45, 7) is 0.605. The van der Waals surface area contributed by atoms with Crippen LogP contribution in [0.2, 0.25) is 0 Å². The molecule has 0 spiro atoms. The Kier molecular flexibility index (Phi) is 6.89. The monoisotopic (exact) mass is 277 g/mol. The molecule has 1 rings (SSSR count). The molecule has 0 amide bonds. The van der Waals surface area contributed by atoms with Crippen LogP contribution in [0.5, 0.6) is 5.75 Å². The lowest BCUT2D eigenvalue weighted by atomic mass is 10.1. The molecule has 0 fully saturated rings. The summed E-state index contributed by atoms with van der Waals surface area (Å²) >= 11 is 0. The molecule has 0 aliphatic heterocycles. The van der Waals surface area contributed by atoms with Crippen molar-refractivity contribution in [2.75, 3.05) is 20.8 Å². The molecule has 0 atom stereocenters. The zero-order chi connectivity index (χ0) is 14.8. The van der Waals surface area contributed by atoms with Gasteiger partial charge in [0.2, 0.25) is 0 Å². The number of esters is 1. The van der Waals surface area contributed by atoms with E-state index < -0.39 is 5.97 Å². The van der Waals surface area contributed by atoms with Gasteiger partial charge in [0.15, 0.2) is 0 Å². The summed E-state index contributed by atoms with van der Waals surface area (Å²) in [5.41, 5.74) is 1.51. The third kappa shape index (κ3) is 5.14. The zero-order valence-corrected chi connectivity index (χ0v) is 11.7. The number of methoxy groups -OCH3 is 2. The van der Waals surface area contributed by atoms with E-state index in [9.17, 15) is 9.59 Å². The molecule has 1 aromatic carbocycles. The SMILES string of the molecule is COC(=O)/C=C(\NCCCC=O)c1ccc(OC)cc1. The quantitative estimate of drug-likeness (QED) is 0.339. The molecular formula is C15H19NO4. The Bertz CT molecular complexity index is 465. The van der Waals surface area contributed by atoms with Crippen molar-refractivity contribution in [3.63, 3.8) is 0 Å². The lowest BCUT2D eigenvalue weighted by molar-refractivity contribution is -0.134. The second-order valence-electron chi connectivity index (χ2n) is 4.05. The molecule has 108 valence electrons. The third-order valence-corrected chi connectivity index (χ3v) is 2.68. The van der Waals surface area contributed by atoms with Gasteiger partial charge in [-0.15, -0.1) is 0 Å². The molecule has 0 bridgehead atoms. The number of ether oxygens (including phenoxy) is 2. The van der Waals surface area contributed by atoms with E-state index in [-0.39, 0.29) is 0 Å². The Morgan fingerprint density at radius 1 is 1.25 bits per heavy atom. The van der Waals surface area contributed by atoms with Crippen molar-refractivity contribution >= 4 is 18.0 Å². The number of unbranched alkanes of at least 4 members (excludes halogenated alkanes) is 1. The van der Waals surface area contributed by atoms with E-state index in [0.717, 1.165) is 17.6 Å². The number of aldehydes is 1. The standard InChI is InChI=1S/C15H19NO4/c1-19-13-7-5-12(6-8-13)14(11-15(18)20-2)16-9-3-4-10-17/h5-8,10-11,16H,3-4,9H2,1-2H3/b14-11-. The topological polar surface area (TPSA) is 64.6 Å². The summed E-state index contributed by atoms with van der Waals surface area (Å²) in [7, 11) is 2.93. The summed E-state index contributed by atoms with van der Waals surface area (Å²) in [5, 5.41) is 3.13. The Labute approximate surface area is 118 Å². The average Bonchev–Trinajstić information content (AvgIpc) is 2.50. The first-order valence-electron chi connectivity index (χ1n) is 6.33. The minimum atomic E-state index is -0.432. The van der Waals surface area contributed by atoms with Crippen LogP contribution in [0.25, 0.3) is 5.70 Å². The minimum Gasteiger partial charge on any atom is -0.497 e. The first-order chi connectivity index (χ1) is 9.71. The van der Waals surface area contributed by atoms with E-state index in [4.69, 9.17) is 4.74 Å². The summed E-state index contributed by atoms with van der Waals surface area (Å²) in [5.74, 6) is 0.311. The van der Waals surface area contributed by atoms with Crippen molar-refractivity contribution in [1.29, 1.82) is 0 Å². The highest BCUT2D eigenvalue weighted by molar-refractivity contribution is 5.90. The van der Waals surface area contributed by atoms with Crippen LogP contribution in [-0.2, 0) is 14.3 Å². The molecule has 0 unspecified atom stereocenters. The van der Waals surface area contributed by atoms with Gasteiger partial charge in [0.25, 0.3) is 0 Å². The largest absolute Gasteiger partial charge is 0.497 e. The van der Waals surface area contributed by atoms with Gasteiger partial charge in [-0.25, -0.2) is 4.79 Å². The average molecular weight is 277 g/mol. The van der Waals surface area contributed by atoms with Crippen molar-refractivity contribution in [2.45, 2.75) is 12.8 Å². The van der Waals surface area contributed by atoms with Crippen LogP contribution in [0.15, 0.2) is 30.3 Å². The fraction of sp³-hybridized carbons (Fsp3) is 0.333. The highest BCUT2D eigenvalue weighted by atomic mass is 16.5. The molecule has 0 saturated heterocycles. The van der Waals surface area contributed by atoms with Crippen molar-refractivity contribution < 1.29 is 19.1 Å². The van der Waals surface area contributed by atoms with Gasteiger partial charge in [-0.3, -0.25) is 0 Å². The number of rotatable bonds is 8. The number of benzene rings is 1. The lowest BCUT2D eigenvalue weighted by Crippen LogP contribution is -2.15. The highest BCUT2D eigenvalue weighted by Gasteiger charge is 2.05. The second kappa shape index (κ2) is 8.74. The maximum absolute atomic E-state index is 11.4. The molecule has 1 N–H and O–H groups in total. The number of hydrogen-bond donors (Lipinski definition) is 1. The van der Waals surface area contributed by atoms with E-state index in [1.807, 2.05) is 24.3 Å². The molecule has 0 aliphatic carbocycles. The van der Waals surface area contributed by atoms with Crippen LogP contribution in [-0.4, -0.2) is 33.0 Å². The van der Waals surface area contributed by atoms with Crippen molar-refractivity contribution in [3.05, 3.63) is 35.9 Å². The minimum absolute atomic E-state index is 0.432. The van der Waals surface area contributed by atoms with Crippen LogP contribution < -0.4 is 10.1 Å². The second-order valence-corrected chi connectivity index (χ2v) is 4.05. The van der Waals surface area contributed by atoms with Crippen LogP contribution in [0.1, 0.15) is 18.4 Å². The van der Waals surface area contributed by atoms with E-state index in [2.05, 4.69) is 10.1 Å². The molecule has 5 heteroatoms. The number of hydrogen-bond acceptors (Lipinski definition) is 5. The van der Waals surface area contributed by atoms with Crippen LogP contribution in [0, 0.1) is 0 Å². The van der Waals surface area contributed by atoms with Gasteiger partial charge in [-0.2, -0.15) is 0 Å². The molecule has 0 saturated carbocycles. The number of nitrogens with one attached hydrogen (secondary N) is 1. The Hall–Kier alpha value is -2.30. The van der Waals surface area contributed by atoms with Gasteiger partial charge in [0, 0.05) is 24.7 Å². The van der Waals surface area contributed by atoms with E-state index >= 15 is 0 Å². The first kappa shape index (κ1) is 15.8. The first-order valence-corrected chi connectivity index (χ1v) is 6.33. The molecule has 0 heterocycles. The van der Waals surface area contributed by atoms with Crippen molar-refractivity contribution in [2.24, 2.45) is 0 Å². The Morgan fingerprint density at radius 2 is 1.95 bits per heavy atom. The van der Waals surface area contributed by atoms with Gasteiger partial charge < -0.3 is 19.6 Å². The molecule has 1 aromatic rings. The summed E-state index contributed by atoms with van der Waals surface area (Å²) in [6.07, 6.45) is 3.46.